The number of ether oxygens (including phenoxy) is 1. The normalized spacial score (nSPS) is 10.4. The van der Waals surface area contributed by atoms with Crippen molar-refractivity contribution in [1.82, 2.24) is 14.8 Å². The van der Waals surface area contributed by atoms with Crippen molar-refractivity contribution >= 4 is 21.9 Å². The zero-order chi connectivity index (χ0) is 13.1. The minimum Gasteiger partial charge on any atom is -0.463 e. The van der Waals surface area contributed by atoms with Gasteiger partial charge in [-0.2, -0.15) is 0 Å². The lowest BCUT2D eigenvalue weighted by atomic mass is 10.1. The summed E-state index contributed by atoms with van der Waals surface area (Å²) >= 11 is 3.42. The van der Waals surface area contributed by atoms with Crippen LogP contribution in [0.15, 0.2) is 29.0 Å². The number of benzene rings is 1. The minimum absolute atomic E-state index is 0.0762. The van der Waals surface area contributed by atoms with Crippen molar-refractivity contribution in [3.8, 4) is 0 Å². The first kappa shape index (κ1) is 12.8. The van der Waals surface area contributed by atoms with Crippen molar-refractivity contribution in [2.45, 2.75) is 13.5 Å². The number of hydrogen-bond donors (Lipinski definition) is 0. The molecule has 0 bridgehead atoms. The number of aryl methyl sites for hydroxylation is 1. The number of aromatic nitrogens is 3. The molecular weight excluding hydrogens is 298 g/mol. The van der Waals surface area contributed by atoms with Gasteiger partial charge in [0.2, 0.25) is 0 Å². The van der Waals surface area contributed by atoms with Crippen LogP contribution in [0, 0.1) is 6.92 Å². The number of carbonyl (C=O) groups excluding carboxylic acids is 1. The Morgan fingerprint density at radius 2 is 2.28 bits per heavy atom. The van der Waals surface area contributed by atoms with Gasteiger partial charge in [0.1, 0.15) is 6.33 Å². The highest BCUT2D eigenvalue weighted by Crippen LogP contribution is 2.16. The maximum atomic E-state index is 11.2. The number of nitrogens with zero attached hydrogens (tertiary/aromatic N) is 3. The zero-order valence-corrected chi connectivity index (χ0v) is 11.6. The third-order valence-corrected chi connectivity index (χ3v) is 3.03. The standard InChI is InChI=1S/C12H12BrN3O2/c1-8-5-10(13)4-3-9(8)6-16-7-14-11(15-16)12(17)18-2/h3-5,7H,6H2,1-2H3. The predicted octanol–water partition coefficient (Wildman–Crippen LogP) is 2.18. The maximum Gasteiger partial charge on any atom is 0.377 e. The molecule has 0 radical (unpaired) electrons. The molecule has 1 heterocycles. The second kappa shape index (κ2) is 5.30. The second-order valence-corrected chi connectivity index (χ2v) is 4.74. The van der Waals surface area contributed by atoms with E-state index < -0.39 is 5.97 Å². The highest BCUT2D eigenvalue weighted by molar-refractivity contribution is 9.10. The van der Waals surface area contributed by atoms with Gasteiger partial charge in [-0.05, 0) is 30.2 Å². The van der Waals surface area contributed by atoms with Crippen LogP contribution >= 0.6 is 15.9 Å². The predicted molar refractivity (Wildman–Crippen MR) is 69.3 cm³/mol. The van der Waals surface area contributed by atoms with Crippen LogP contribution in [-0.2, 0) is 11.3 Å². The van der Waals surface area contributed by atoms with Crippen LogP contribution in [0.5, 0.6) is 0 Å². The van der Waals surface area contributed by atoms with Gasteiger partial charge in [-0.3, -0.25) is 0 Å². The molecule has 94 valence electrons. The first-order valence-corrected chi connectivity index (χ1v) is 6.12. The summed E-state index contributed by atoms with van der Waals surface area (Å²) in [6.45, 7) is 2.60. The van der Waals surface area contributed by atoms with E-state index in [1.807, 2.05) is 25.1 Å². The molecule has 0 aliphatic carbocycles. The molecule has 1 aromatic heterocycles. The number of esters is 1. The van der Waals surface area contributed by atoms with Crippen LogP contribution in [-0.4, -0.2) is 27.8 Å². The summed E-state index contributed by atoms with van der Waals surface area (Å²) in [4.78, 5) is 15.1. The van der Waals surface area contributed by atoms with E-state index >= 15 is 0 Å². The third kappa shape index (κ3) is 2.76. The highest BCUT2D eigenvalue weighted by Gasteiger charge is 2.11. The van der Waals surface area contributed by atoms with E-state index in [1.54, 1.807) is 4.68 Å². The van der Waals surface area contributed by atoms with Crippen LogP contribution in [0.25, 0.3) is 0 Å². The topological polar surface area (TPSA) is 57.0 Å². The average molecular weight is 310 g/mol. The number of halogens is 1. The van der Waals surface area contributed by atoms with Crippen molar-refractivity contribution in [1.29, 1.82) is 0 Å². The molecule has 0 N–H and O–H groups in total. The molecule has 2 rings (SSSR count). The summed E-state index contributed by atoms with van der Waals surface area (Å²) in [5.41, 5.74) is 2.28. The Labute approximate surface area is 113 Å². The Balaban J connectivity index is 2.18. The molecule has 0 atom stereocenters. The summed E-state index contributed by atoms with van der Waals surface area (Å²) in [5, 5.41) is 4.06. The van der Waals surface area contributed by atoms with Gasteiger partial charge >= 0.3 is 5.97 Å². The number of rotatable bonds is 3. The Kier molecular flexibility index (Phi) is 3.76. The van der Waals surface area contributed by atoms with Crippen LogP contribution in [0.3, 0.4) is 0 Å². The van der Waals surface area contributed by atoms with Gasteiger partial charge in [0, 0.05) is 4.47 Å². The fourth-order valence-corrected chi connectivity index (χ4v) is 2.04. The summed E-state index contributed by atoms with van der Waals surface area (Å²) in [5.74, 6) is -0.450. The molecule has 0 aliphatic heterocycles. The van der Waals surface area contributed by atoms with Gasteiger partial charge in [-0.1, -0.05) is 22.0 Å². The van der Waals surface area contributed by atoms with Crippen molar-refractivity contribution in [2.75, 3.05) is 7.11 Å². The largest absolute Gasteiger partial charge is 0.463 e. The fourth-order valence-electron chi connectivity index (χ4n) is 1.57. The van der Waals surface area contributed by atoms with E-state index in [0.29, 0.717) is 6.54 Å². The van der Waals surface area contributed by atoms with Gasteiger partial charge in [0.15, 0.2) is 0 Å². The Morgan fingerprint density at radius 1 is 1.50 bits per heavy atom. The van der Waals surface area contributed by atoms with Gasteiger partial charge < -0.3 is 4.74 Å². The molecule has 0 fully saturated rings. The molecule has 5 nitrogen and oxygen atoms in total. The van der Waals surface area contributed by atoms with Gasteiger partial charge in [-0.15, -0.1) is 5.10 Å². The molecule has 0 spiro atoms. The lowest BCUT2D eigenvalue weighted by molar-refractivity contribution is 0.0586. The first-order chi connectivity index (χ1) is 8.60. The number of methoxy groups -OCH3 is 1. The van der Waals surface area contributed by atoms with E-state index in [0.717, 1.165) is 15.6 Å². The van der Waals surface area contributed by atoms with Crippen molar-refractivity contribution in [3.05, 3.63) is 46.0 Å². The van der Waals surface area contributed by atoms with E-state index in [-0.39, 0.29) is 5.82 Å². The molecular formula is C12H12BrN3O2. The lowest BCUT2D eigenvalue weighted by Crippen LogP contribution is -2.07. The summed E-state index contributed by atoms with van der Waals surface area (Å²) in [6.07, 6.45) is 1.52. The molecule has 0 amide bonds. The Morgan fingerprint density at radius 3 is 2.94 bits per heavy atom. The molecule has 1 aromatic carbocycles. The zero-order valence-electron chi connectivity index (χ0n) is 10.1. The minimum atomic E-state index is -0.527. The number of hydrogen-bond acceptors (Lipinski definition) is 4. The van der Waals surface area contributed by atoms with E-state index in [2.05, 4.69) is 30.7 Å². The summed E-state index contributed by atoms with van der Waals surface area (Å²) in [6, 6.07) is 6.02. The first-order valence-electron chi connectivity index (χ1n) is 5.33. The Bertz CT molecular complexity index is 580. The smallest absolute Gasteiger partial charge is 0.377 e. The molecule has 6 heteroatoms. The van der Waals surface area contributed by atoms with Crippen LogP contribution in [0.2, 0.25) is 0 Å². The third-order valence-electron chi connectivity index (χ3n) is 2.54. The summed E-state index contributed by atoms with van der Waals surface area (Å²) in [7, 11) is 1.31. The Hall–Kier alpha value is -1.69. The van der Waals surface area contributed by atoms with E-state index in [1.165, 1.54) is 13.4 Å². The maximum absolute atomic E-state index is 11.2. The quantitative estimate of drug-likeness (QED) is 0.816. The van der Waals surface area contributed by atoms with Crippen LogP contribution in [0.1, 0.15) is 21.7 Å². The SMILES string of the molecule is COC(=O)c1ncn(Cc2ccc(Br)cc2C)n1. The molecule has 18 heavy (non-hydrogen) atoms. The summed E-state index contributed by atoms with van der Waals surface area (Å²) < 4.78 is 7.21. The molecule has 0 unspecified atom stereocenters. The molecule has 0 saturated carbocycles. The number of carbonyl (C=O) groups is 1. The van der Waals surface area contributed by atoms with Gasteiger partial charge in [-0.25, -0.2) is 14.5 Å². The monoisotopic (exact) mass is 309 g/mol. The van der Waals surface area contributed by atoms with Crippen molar-refractivity contribution in [3.63, 3.8) is 0 Å². The average Bonchev–Trinajstić information content (AvgIpc) is 2.80. The van der Waals surface area contributed by atoms with Gasteiger partial charge in [0.25, 0.3) is 5.82 Å². The van der Waals surface area contributed by atoms with Crippen LogP contribution < -0.4 is 0 Å². The van der Waals surface area contributed by atoms with E-state index in [9.17, 15) is 4.79 Å². The lowest BCUT2D eigenvalue weighted by Gasteiger charge is -2.05. The molecule has 0 saturated heterocycles. The fraction of sp³-hybridized carbons (Fsp3) is 0.250. The second-order valence-electron chi connectivity index (χ2n) is 3.83. The van der Waals surface area contributed by atoms with E-state index in [4.69, 9.17) is 0 Å². The molecule has 0 aliphatic rings. The highest BCUT2D eigenvalue weighted by atomic mass is 79.9. The van der Waals surface area contributed by atoms with Crippen molar-refractivity contribution < 1.29 is 9.53 Å². The molecule has 2 aromatic rings. The van der Waals surface area contributed by atoms with Crippen molar-refractivity contribution in [2.24, 2.45) is 0 Å². The van der Waals surface area contributed by atoms with Gasteiger partial charge in [0.05, 0.1) is 13.7 Å². The van der Waals surface area contributed by atoms with Crippen LogP contribution in [0.4, 0.5) is 0 Å².